The summed E-state index contributed by atoms with van der Waals surface area (Å²) in [5, 5.41) is 3.45. The van der Waals surface area contributed by atoms with Gasteiger partial charge in [0.1, 0.15) is 12.4 Å². The summed E-state index contributed by atoms with van der Waals surface area (Å²) in [7, 11) is 1.63. The van der Waals surface area contributed by atoms with Crippen LogP contribution in [0, 0.1) is 12.7 Å². The Morgan fingerprint density at radius 2 is 1.54 bits per heavy atom. The minimum Gasteiger partial charge on any atom is -0.493 e. The van der Waals surface area contributed by atoms with Crippen molar-refractivity contribution in [3.8, 4) is 11.5 Å². The predicted octanol–water partition coefficient (Wildman–Crippen LogP) is 5.43. The van der Waals surface area contributed by atoms with Crippen LogP contribution in [-0.4, -0.2) is 7.11 Å². The highest BCUT2D eigenvalue weighted by Gasteiger charge is 2.11. The highest BCUT2D eigenvalue weighted by atomic mass is 35.5. The minimum atomic E-state index is -0.253. The number of rotatable bonds is 8. The average Bonchev–Trinajstić information content (AvgIpc) is 2.69. The van der Waals surface area contributed by atoms with Gasteiger partial charge in [-0.25, -0.2) is 4.39 Å². The molecule has 3 nitrogen and oxygen atoms in total. The van der Waals surface area contributed by atoms with E-state index < -0.39 is 0 Å². The maximum atomic E-state index is 13.1. The van der Waals surface area contributed by atoms with E-state index in [0.29, 0.717) is 24.7 Å². The lowest BCUT2D eigenvalue weighted by molar-refractivity contribution is 0.280. The van der Waals surface area contributed by atoms with E-state index in [-0.39, 0.29) is 18.2 Å². The van der Waals surface area contributed by atoms with Crippen molar-refractivity contribution in [1.82, 2.24) is 5.32 Å². The minimum absolute atomic E-state index is 0. The van der Waals surface area contributed by atoms with Crippen LogP contribution in [0.25, 0.3) is 0 Å². The second-order valence-corrected chi connectivity index (χ2v) is 6.45. The number of benzene rings is 3. The first kappa shape index (κ1) is 21.7. The summed E-state index contributed by atoms with van der Waals surface area (Å²) in [5.41, 5.74) is 4.41. The molecule has 0 bridgehead atoms. The van der Waals surface area contributed by atoms with Gasteiger partial charge >= 0.3 is 0 Å². The van der Waals surface area contributed by atoms with Gasteiger partial charge < -0.3 is 14.8 Å². The van der Waals surface area contributed by atoms with Crippen LogP contribution < -0.4 is 14.8 Å². The maximum absolute atomic E-state index is 13.1. The number of para-hydroxylation sites is 1. The Kier molecular flexibility index (Phi) is 8.30. The quantitative estimate of drug-likeness (QED) is 0.545. The number of aryl methyl sites for hydroxylation is 1. The van der Waals surface area contributed by atoms with Crippen LogP contribution in [0.5, 0.6) is 11.5 Å². The highest BCUT2D eigenvalue weighted by molar-refractivity contribution is 5.85. The number of ether oxygens (including phenoxy) is 2. The van der Waals surface area contributed by atoms with Crippen LogP contribution in [0.1, 0.15) is 22.3 Å². The molecule has 3 aromatic rings. The van der Waals surface area contributed by atoms with Gasteiger partial charge in [0, 0.05) is 18.7 Å². The molecule has 1 N–H and O–H groups in total. The molecule has 28 heavy (non-hydrogen) atoms. The summed E-state index contributed by atoms with van der Waals surface area (Å²) >= 11 is 0. The normalized spacial score (nSPS) is 10.2. The maximum Gasteiger partial charge on any atom is 0.166 e. The van der Waals surface area contributed by atoms with Crippen molar-refractivity contribution >= 4 is 12.4 Å². The van der Waals surface area contributed by atoms with E-state index in [1.807, 2.05) is 18.2 Å². The van der Waals surface area contributed by atoms with Gasteiger partial charge in [-0.2, -0.15) is 0 Å². The molecule has 0 aromatic heterocycles. The Morgan fingerprint density at radius 3 is 2.21 bits per heavy atom. The van der Waals surface area contributed by atoms with Crippen LogP contribution in [-0.2, 0) is 19.7 Å². The Hall–Kier alpha value is -2.56. The third kappa shape index (κ3) is 5.98. The summed E-state index contributed by atoms with van der Waals surface area (Å²) < 4.78 is 24.5. The van der Waals surface area contributed by atoms with Crippen molar-refractivity contribution in [3.05, 3.63) is 94.8 Å². The SMILES string of the molecule is COc1cccc(CNCc2ccc(C)cc2)c1OCc1ccc(F)cc1.Cl. The number of hydrogen-bond donors (Lipinski definition) is 1. The predicted molar refractivity (Wildman–Crippen MR) is 113 cm³/mol. The molecular weight excluding hydrogens is 377 g/mol. The lowest BCUT2D eigenvalue weighted by Gasteiger charge is -2.16. The van der Waals surface area contributed by atoms with Crippen molar-refractivity contribution in [2.45, 2.75) is 26.6 Å². The first-order valence-corrected chi connectivity index (χ1v) is 8.95. The van der Waals surface area contributed by atoms with E-state index in [1.54, 1.807) is 19.2 Å². The summed E-state index contributed by atoms with van der Waals surface area (Å²) in [4.78, 5) is 0. The molecule has 3 aromatic carbocycles. The van der Waals surface area contributed by atoms with Gasteiger partial charge in [0.05, 0.1) is 7.11 Å². The zero-order chi connectivity index (χ0) is 19.1. The zero-order valence-corrected chi connectivity index (χ0v) is 16.9. The number of methoxy groups -OCH3 is 1. The largest absolute Gasteiger partial charge is 0.493 e. The van der Waals surface area contributed by atoms with Gasteiger partial charge in [0.2, 0.25) is 0 Å². The van der Waals surface area contributed by atoms with Crippen molar-refractivity contribution in [3.63, 3.8) is 0 Å². The van der Waals surface area contributed by atoms with Gasteiger partial charge in [-0.05, 0) is 36.2 Å². The molecule has 0 saturated carbocycles. The monoisotopic (exact) mass is 401 g/mol. The summed E-state index contributed by atoms with van der Waals surface area (Å²) in [6, 6.07) is 20.6. The highest BCUT2D eigenvalue weighted by Crippen LogP contribution is 2.32. The number of hydrogen-bond acceptors (Lipinski definition) is 3. The van der Waals surface area contributed by atoms with Crippen LogP contribution in [0.3, 0.4) is 0 Å². The van der Waals surface area contributed by atoms with Crippen LogP contribution in [0.2, 0.25) is 0 Å². The smallest absolute Gasteiger partial charge is 0.166 e. The van der Waals surface area contributed by atoms with E-state index in [9.17, 15) is 4.39 Å². The number of halogens is 2. The van der Waals surface area contributed by atoms with Crippen LogP contribution in [0.15, 0.2) is 66.7 Å². The zero-order valence-electron chi connectivity index (χ0n) is 16.1. The summed E-state index contributed by atoms with van der Waals surface area (Å²) in [6.45, 7) is 3.86. The molecule has 0 heterocycles. The fraction of sp³-hybridized carbons (Fsp3) is 0.217. The molecule has 0 radical (unpaired) electrons. The van der Waals surface area contributed by atoms with Gasteiger partial charge in [-0.15, -0.1) is 12.4 Å². The van der Waals surface area contributed by atoms with Crippen molar-refractivity contribution in [1.29, 1.82) is 0 Å². The fourth-order valence-electron chi connectivity index (χ4n) is 2.81. The molecule has 5 heteroatoms. The summed E-state index contributed by atoms with van der Waals surface area (Å²) in [5.74, 6) is 1.14. The van der Waals surface area contributed by atoms with E-state index in [0.717, 1.165) is 17.7 Å². The van der Waals surface area contributed by atoms with Crippen molar-refractivity contribution < 1.29 is 13.9 Å². The lowest BCUT2D eigenvalue weighted by atomic mass is 10.1. The molecule has 0 saturated heterocycles. The van der Waals surface area contributed by atoms with E-state index >= 15 is 0 Å². The molecule has 3 rings (SSSR count). The van der Waals surface area contributed by atoms with Gasteiger partial charge in [0.15, 0.2) is 11.5 Å². The molecule has 0 unspecified atom stereocenters. The van der Waals surface area contributed by atoms with Gasteiger partial charge in [-0.1, -0.05) is 54.1 Å². The molecule has 0 fully saturated rings. The first-order chi connectivity index (χ1) is 13.2. The second kappa shape index (κ2) is 10.7. The molecule has 148 valence electrons. The number of nitrogens with one attached hydrogen (secondary N) is 1. The van der Waals surface area contributed by atoms with Crippen LogP contribution in [0.4, 0.5) is 4.39 Å². The third-order valence-electron chi connectivity index (χ3n) is 4.34. The Bertz CT molecular complexity index is 867. The standard InChI is InChI=1S/C23H24FNO2.ClH/c1-17-6-8-18(9-7-17)14-25-15-20-4-3-5-22(26-2)23(20)27-16-19-10-12-21(24)13-11-19;/h3-13,25H,14-16H2,1-2H3;1H. The lowest BCUT2D eigenvalue weighted by Crippen LogP contribution is -2.14. The molecule has 0 atom stereocenters. The fourth-order valence-corrected chi connectivity index (χ4v) is 2.81. The molecular formula is C23H25ClFNO2. The van der Waals surface area contributed by atoms with E-state index in [1.165, 1.54) is 23.3 Å². The van der Waals surface area contributed by atoms with Crippen molar-refractivity contribution in [2.24, 2.45) is 0 Å². The molecule has 0 aliphatic rings. The Morgan fingerprint density at radius 1 is 0.857 bits per heavy atom. The Labute approximate surface area is 171 Å². The first-order valence-electron chi connectivity index (χ1n) is 8.95. The average molecular weight is 402 g/mol. The van der Waals surface area contributed by atoms with E-state index in [2.05, 4.69) is 36.5 Å². The van der Waals surface area contributed by atoms with Crippen LogP contribution >= 0.6 is 12.4 Å². The topological polar surface area (TPSA) is 30.5 Å². The summed E-state index contributed by atoms with van der Waals surface area (Å²) in [6.07, 6.45) is 0. The second-order valence-electron chi connectivity index (χ2n) is 6.45. The van der Waals surface area contributed by atoms with Crippen molar-refractivity contribution in [2.75, 3.05) is 7.11 Å². The molecule has 0 amide bonds. The van der Waals surface area contributed by atoms with Gasteiger partial charge in [0.25, 0.3) is 0 Å². The third-order valence-corrected chi connectivity index (χ3v) is 4.34. The molecule has 0 aliphatic heterocycles. The molecule has 0 aliphatic carbocycles. The Balaban J connectivity index is 0.00000280. The van der Waals surface area contributed by atoms with E-state index in [4.69, 9.17) is 9.47 Å². The van der Waals surface area contributed by atoms with Gasteiger partial charge in [-0.3, -0.25) is 0 Å². The molecule has 0 spiro atoms.